The molecule has 0 spiro atoms. The van der Waals surface area contributed by atoms with Crippen molar-refractivity contribution in [1.82, 2.24) is 14.8 Å². The number of hydrogen-bond acceptors (Lipinski definition) is 3. The minimum absolute atomic E-state index is 0.0510. The van der Waals surface area contributed by atoms with Crippen LogP contribution in [0.25, 0.3) is 0 Å². The molecule has 1 aromatic heterocycles. The molecule has 2 aliphatic rings. The van der Waals surface area contributed by atoms with Gasteiger partial charge in [0.2, 0.25) is 0 Å². The van der Waals surface area contributed by atoms with E-state index in [0.717, 1.165) is 12.8 Å². The van der Waals surface area contributed by atoms with Crippen molar-refractivity contribution in [1.29, 1.82) is 0 Å². The van der Waals surface area contributed by atoms with E-state index in [9.17, 15) is 9.59 Å². The van der Waals surface area contributed by atoms with Crippen molar-refractivity contribution >= 4 is 11.8 Å². The van der Waals surface area contributed by atoms with Crippen molar-refractivity contribution in [3.63, 3.8) is 0 Å². The van der Waals surface area contributed by atoms with Crippen LogP contribution in [0.2, 0.25) is 0 Å². The van der Waals surface area contributed by atoms with Gasteiger partial charge in [0, 0.05) is 37.9 Å². The molecule has 0 radical (unpaired) electrons. The zero-order valence-corrected chi connectivity index (χ0v) is 16.8. The summed E-state index contributed by atoms with van der Waals surface area (Å²) >= 11 is 0. The second-order valence-electron chi connectivity index (χ2n) is 7.92. The van der Waals surface area contributed by atoms with Crippen LogP contribution in [0.3, 0.4) is 0 Å². The smallest absolute Gasteiger partial charge is 0.272 e. The van der Waals surface area contributed by atoms with Crippen molar-refractivity contribution in [2.45, 2.75) is 25.9 Å². The fraction of sp³-hybridized carbons (Fsp3) is 0.240. The summed E-state index contributed by atoms with van der Waals surface area (Å²) in [5, 5.41) is 0. The molecule has 30 heavy (non-hydrogen) atoms. The van der Waals surface area contributed by atoms with Crippen molar-refractivity contribution in [2.75, 3.05) is 13.1 Å². The van der Waals surface area contributed by atoms with E-state index in [0.29, 0.717) is 37.4 Å². The summed E-state index contributed by atoms with van der Waals surface area (Å²) in [5.74, 6) is -0.173. The summed E-state index contributed by atoms with van der Waals surface area (Å²) in [6.07, 6.45) is 3.26. The predicted molar refractivity (Wildman–Crippen MR) is 114 cm³/mol. The minimum atomic E-state index is -0.122. The first kappa shape index (κ1) is 18.6. The number of hydrogen-bond donors (Lipinski definition) is 0. The molecule has 150 valence electrons. The number of amides is 2. The second-order valence-corrected chi connectivity index (χ2v) is 7.92. The van der Waals surface area contributed by atoms with Gasteiger partial charge in [-0.3, -0.25) is 14.6 Å². The number of fused-ring (bicyclic) bond motifs is 2. The van der Waals surface area contributed by atoms with E-state index in [2.05, 4.69) is 29.2 Å². The van der Waals surface area contributed by atoms with Gasteiger partial charge < -0.3 is 9.80 Å². The molecule has 0 atom stereocenters. The molecule has 0 aliphatic carbocycles. The molecule has 0 N–H and O–H groups in total. The average molecular weight is 397 g/mol. The highest BCUT2D eigenvalue weighted by atomic mass is 16.2. The Kier molecular flexibility index (Phi) is 4.79. The summed E-state index contributed by atoms with van der Waals surface area (Å²) < 4.78 is 0. The van der Waals surface area contributed by atoms with Gasteiger partial charge in [-0.1, -0.05) is 48.5 Å². The number of carbonyl (C=O) groups excluding carboxylic acids is 2. The van der Waals surface area contributed by atoms with Crippen LogP contribution in [0.15, 0.2) is 66.9 Å². The summed E-state index contributed by atoms with van der Waals surface area (Å²) in [6, 6.07) is 19.8. The monoisotopic (exact) mass is 397 g/mol. The van der Waals surface area contributed by atoms with E-state index in [1.54, 1.807) is 18.3 Å². The zero-order chi connectivity index (χ0) is 20.5. The number of aromatic nitrogens is 1. The van der Waals surface area contributed by atoms with Crippen LogP contribution >= 0.6 is 0 Å². The highest BCUT2D eigenvalue weighted by Gasteiger charge is 2.25. The highest BCUT2D eigenvalue weighted by Crippen LogP contribution is 2.22. The largest absolute Gasteiger partial charge is 0.334 e. The van der Waals surface area contributed by atoms with Gasteiger partial charge in [0.05, 0.1) is 0 Å². The second kappa shape index (κ2) is 7.75. The van der Waals surface area contributed by atoms with E-state index >= 15 is 0 Å². The molecule has 0 bridgehead atoms. The van der Waals surface area contributed by atoms with Crippen molar-refractivity contribution < 1.29 is 9.59 Å². The lowest BCUT2D eigenvalue weighted by Crippen LogP contribution is -2.37. The number of nitrogens with zero attached hydrogens (tertiary/aromatic N) is 3. The van der Waals surface area contributed by atoms with Crippen molar-refractivity contribution in [3.05, 3.63) is 100 Å². The fourth-order valence-corrected chi connectivity index (χ4v) is 4.36. The summed E-state index contributed by atoms with van der Waals surface area (Å²) in [6.45, 7) is 2.53. The maximum Gasteiger partial charge on any atom is 0.272 e. The molecule has 0 saturated carbocycles. The average Bonchev–Trinajstić information content (AvgIpc) is 2.82. The molecule has 3 heterocycles. The molecule has 0 unspecified atom stereocenters. The van der Waals surface area contributed by atoms with Crippen molar-refractivity contribution in [2.24, 2.45) is 0 Å². The first-order valence-electron chi connectivity index (χ1n) is 10.4. The van der Waals surface area contributed by atoms with Gasteiger partial charge in [0.1, 0.15) is 5.69 Å². The Balaban J connectivity index is 1.33. The first-order chi connectivity index (χ1) is 14.7. The van der Waals surface area contributed by atoms with Gasteiger partial charge in [-0.15, -0.1) is 0 Å². The van der Waals surface area contributed by atoms with Crippen LogP contribution < -0.4 is 0 Å². The van der Waals surface area contributed by atoms with E-state index in [1.165, 1.54) is 22.3 Å². The lowest BCUT2D eigenvalue weighted by molar-refractivity contribution is 0.0727. The van der Waals surface area contributed by atoms with Gasteiger partial charge in [0.25, 0.3) is 11.8 Å². The molecule has 5 rings (SSSR count). The SMILES string of the molecule is O=C(c1ccnc(C(=O)N2CCc3ccccc3C2)c1)N1CCc2ccccc2C1. The Morgan fingerprint density at radius 3 is 1.83 bits per heavy atom. The van der Waals surface area contributed by atoms with Gasteiger partial charge >= 0.3 is 0 Å². The standard InChI is InChI=1S/C25H23N3O2/c29-24(27-13-10-18-5-1-3-7-21(18)16-27)20-9-12-26-23(15-20)25(30)28-14-11-19-6-2-4-8-22(19)17-28/h1-9,12,15H,10-11,13-14,16-17H2. The van der Waals surface area contributed by atoms with Gasteiger partial charge in [-0.2, -0.15) is 0 Å². The van der Waals surface area contributed by atoms with Crippen LogP contribution in [-0.4, -0.2) is 39.7 Å². The molecule has 0 fully saturated rings. The molecular weight excluding hydrogens is 374 g/mol. The van der Waals surface area contributed by atoms with E-state index < -0.39 is 0 Å². The van der Waals surface area contributed by atoms with Crippen molar-refractivity contribution in [3.8, 4) is 0 Å². The van der Waals surface area contributed by atoms with Crippen LogP contribution in [-0.2, 0) is 25.9 Å². The van der Waals surface area contributed by atoms with Crippen LogP contribution in [0.4, 0.5) is 0 Å². The first-order valence-corrected chi connectivity index (χ1v) is 10.4. The quantitative estimate of drug-likeness (QED) is 0.665. The third-order valence-corrected chi connectivity index (χ3v) is 6.06. The van der Waals surface area contributed by atoms with Crippen LogP contribution in [0, 0.1) is 0 Å². The normalized spacial score (nSPS) is 15.3. The number of pyridine rings is 1. The van der Waals surface area contributed by atoms with E-state index in [4.69, 9.17) is 0 Å². The molecule has 2 amide bonds. The fourth-order valence-electron chi connectivity index (χ4n) is 4.36. The Morgan fingerprint density at radius 1 is 0.700 bits per heavy atom. The van der Waals surface area contributed by atoms with Crippen LogP contribution in [0.5, 0.6) is 0 Å². The number of carbonyl (C=O) groups is 2. The molecule has 3 aromatic rings. The van der Waals surface area contributed by atoms with Gasteiger partial charge in [-0.25, -0.2) is 0 Å². The predicted octanol–water partition coefficient (Wildman–Crippen LogP) is 3.48. The molecule has 5 nitrogen and oxygen atoms in total. The molecule has 2 aromatic carbocycles. The van der Waals surface area contributed by atoms with E-state index in [1.807, 2.05) is 34.1 Å². The lowest BCUT2D eigenvalue weighted by atomic mass is 9.99. The zero-order valence-electron chi connectivity index (χ0n) is 16.8. The molecule has 0 saturated heterocycles. The Hall–Kier alpha value is -3.47. The van der Waals surface area contributed by atoms with Crippen LogP contribution in [0.1, 0.15) is 43.1 Å². The Morgan fingerprint density at radius 2 is 1.23 bits per heavy atom. The lowest BCUT2D eigenvalue weighted by Gasteiger charge is -2.29. The van der Waals surface area contributed by atoms with Gasteiger partial charge in [0.15, 0.2) is 0 Å². The maximum absolute atomic E-state index is 13.1. The maximum atomic E-state index is 13.1. The van der Waals surface area contributed by atoms with E-state index in [-0.39, 0.29) is 11.8 Å². The van der Waals surface area contributed by atoms with Gasteiger partial charge in [-0.05, 0) is 47.2 Å². The number of rotatable bonds is 2. The molecule has 2 aliphatic heterocycles. The molecule has 5 heteroatoms. The molecular formula is C25H23N3O2. The summed E-state index contributed by atoms with van der Waals surface area (Å²) in [4.78, 5) is 34.1. The minimum Gasteiger partial charge on any atom is -0.334 e. The third kappa shape index (κ3) is 3.47. The Bertz CT molecular complexity index is 1040. The topological polar surface area (TPSA) is 53.5 Å². The number of benzene rings is 2. The third-order valence-electron chi connectivity index (χ3n) is 6.06. The summed E-state index contributed by atoms with van der Waals surface area (Å²) in [5.41, 5.74) is 5.81. The Labute approximate surface area is 176 Å². The summed E-state index contributed by atoms with van der Waals surface area (Å²) in [7, 11) is 0. The highest BCUT2D eigenvalue weighted by molar-refractivity contribution is 5.98.